The van der Waals surface area contributed by atoms with Crippen LogP contribution in [-0.4, -0.2) is 11.1 Å². The normalized spacial score (nSPS) is 12.7. The highest BCUT2D eigenvalue weighted by Gasteiger charge is 1.90. The SMILES string of the molecule is CC/C=C/CC/C=C/C/C=C/CC/C=C/CC/C=C/CCC(=O)O. The Morgan fingerprint density at radius 1 is 0.625 bits per heavy atom. The van der Waals surface area contributed by atoms with E-state index in [9.17, 15) is 4.79 Å². The number of carboxylic acids is 1. The van der Waals surface area contributed by atoms with Crippen molar-refractivity contribution in [3.63, 3.8) is 0 Å². The Labute approximate surface area is 148 Å². The molecule has 0 amide bonds. The van der Waals surface area contributed by atoms with E-state index in [1.54, 1.807) is 0 Å². The van der Waals surface area contributed by atoms with Gasteiger partial charge in [-0.2, -0.15) is 0 Å². The van der Waals surface area contributed by atoms with Crippen LogP contribution in [-0.2, 0) is 4.79 Å². The number of hydrogen-bond donors (Lipinski definition) is 1. The average Bonchev–Trinajstić information content (AvgIpc) is 2.56. The van der Waals surface area contributed by atoms with Crippen molar-refractivity contribution in [2.24, 2.45) is 0 Å². The third-order valence-corrected chi connectivity index (χ3v) is 3.37. The molecule has 0 rings (SSSR count). The molecule has 0 aliphatic heterocycles. The second-order valence-corrected chi connectivity index (χ2v) is 5.67. The van der Waals surface area contributed by atoms with Crippen molar-refractivity contribution in [3.05, 3.63) is 60.8 Å². The van der Waals surface area contributed by atoms with Crippen molar-refractivity contribution in [2.45, 2.75) is 71.1 Å². The first-order chi connectivity index (χ1) is 11.8. The summed E-state index contributed by atoms with van der Waals surface area (Å²) in [5, 5.41) is 8.50. The van der Waals surface area contributed by atoms with Gasteiger partial charge in [0.25, 0.3) is 0 Å². The topological polar surface area (TPSA) is 37.3 Å². The molecule has 0 heterocycles. The molecule has 0 aliphatic rings. The molecule has 0 fully saturated rings. The van der Waals surface area contributed by atoms with Crippen molar-refractivity contribution in [3.8, 4) is 0 Å². The van der Waals surface area contributed by atoms with Gasteiger partial charge in [0.15, 0.2) is 0 Å². The van der Waals surface area contributed by atoms with E-state index in [4.69, 9.17) is 5.11 Å². The highest BCUT2D eigenvalue weighted by Crippen LogP contribution is 2.01. The molecule has 2 nitrogen and oxygen atoms in total. The zero-order valence-electron chi connectivity index (χ0n) is 15.2. The molecule has 24 heavy (non-hydrogen) atoms. The monoisotopic (exact) mass is 330 g/mol. The van der Waals surface area contributed by atoms with Crippen molar-refractivity contribution in [1.82, 2.24) is 0 Å². The molecular formula is C22H34O2. The fourth-order valence-electron chi connectivity index (χ4n) is 2.05. The maximum atomic E-state index is 10.3. The van der Waals surface area contributed by atoms with Crippen LogP contribution >= 0.6 is 0 Å². The van der Waals surface area contributed by atoms with Gasteiger partial charge in [-0.05, 0) is 57.8 Å². The Morgan fingerprint density at radius 3 is 1.42 bits per heavy atom. The third-order valence-electron chi connectivity index (χ3n) is 3.37. The van der Waals surface area contributed by atoms with Crippen molar-refractivity contribution in [2.75, 3.05) is 0 Å². The zero-order valence-corrected chi connectivity index (χ0v) is 15.2. The molecular weight excluding hydrogens is 296 g/mol. The standard InChI is InChI=1S/C22H34O2/c1-2-3-4-5-6-7-8-9-10-11-12-13-14-15-16-17-18-19-20-21-22(23)24/h3-4,7-8,10-11,14-15,18-19H,2,5-6,9,12-13,16-17,20-21H2,1H3,(H,23,24)/b4-3+,8-7+,11-10+,15-14+,19-18+. The summed E-state index contributed by atoms with van der Waals surface area (Å²) >= 11 is 0. The van der Waals surface area contributed by atoms with E-state index in [0.29, 0.717) is 6.42 Å². The Kier molecular flexibility index (Phi) is 17.8. The molecule has 1 N–H and O–H groups in total. The molecule has 0 radical (unpaired) electrons. The first kappa shape index (κ1) is 22.2. The first-order valence-electron chi connectivity index (χ1n) is 9.24. The highest BCUT2D eigenvalue weighted by atomic mass is 16.4. The van der Waals surface area contributed by atoms with Crippen LogP contribution in [0, 0.1) is 0 Å². The minimum Gasteiger partial charge on any atom is -0.481 e. The van der Waals surface area contributed by atoms with Gasteiger partial charge in [-0.3, -0.25) is 4.79 Å². The minimum atomic E-state index is -0.729. The molecule has 0 aromatic carbocycles. The molecule has 0 saturated heterocycles. The molecule has 0 saturated carbocycles. The summed E-state index contributed by atoms with van der Waals surface area (Å²) in [6, 6.07) is 0. The van der Waals surface area contributed by atoms with Gasteiger partial charge in [0.2, 0.25) is 0 Å². The fraction of sp³-hybridized carbons (Fsp3) is 0.500. The molecule has 0 aromatic heterocycles. The smallest absolute Gasteiger partial charge is 0.303 e. The van der Waals surface area contributed by atoms with E-state index in [1.807, 2.05) is 6.08 Å². The molecule has 0 bridgehead atoms. The summed E-state index contributed by atoms with van der Waals surface area (Å²) in [6.45, 7) is 2.16. The van der Waals surface area contributed by atoms with Crippen LogP contribution in [0.15, 0.2) is 60.8 Å². The summed E-state index contributed by atoms with van der Waals surface area (Å²) in [4.78, 5) is 10.3. The number of carbonyl (C=O) groups is 1. The lowest BCUT2D eigenvalue weighted by molar-refractivity contribution is -0.136. The molecule has 2 heteroatoms. The van der Waals surface area contributed by atoms with Crippen molar-refractivity contribution >= 4 is 5.97 Å². The van der Waals surface area contributed by atoms with E-state index in [2.05, 4.69) is 61.6 Å². The summed E-state index contributed by atoms with van der Waals surface area (Å²) in [6.07, 6.45) is 31.4. The number of carboxylic acid groups (broad SMARTS) is 1. The van der Waals surface area contributed by atoms with E-state index in [0.717, 1.165) is 51.4 Å². The Hall–Kier alpha value is -1.83. The number of unbranched alkanes of at least 4 members (excludes halogenated alkanes) is 3. The summed E-state index contributed by atoms with van der Waals surface area (Å²) < 4.78 is 0. The Morgan fingerprint density at radius 2 is 1.00 bits per heavy atom. The lowest BCUT2D eigenvalue weighted by Gasteiger charge is -1.90. The summed E-state index contributed by atoms with van der Waals surface area (Å²) in [7, 11) is 0. The molecule has 0 atom stereocenters. The summed E-state index contributed by atoms with van der Waals surface area (Å²) in [5.74, 6) is -0.729. The molecule has 134 valence electrons. The van der Waals surface area contributed by atoms with Crippen LogP contribution in [0.2, 0.25) is 0 Å². The lowest BCUT2D eigenvalue weighted by Crippen LogP contribution is -1.91. The molecule has 0 aliphatic carbocycles. The van der Waals surface area contributed by atoms with Crippen LogP contribution in [0.25, 0.3) is 0 Å². The predicted molar refractivity (Wildman–Crippen MR) is 105 cm³/mol. The van der Waals surface area contributed by atoms with Gasteiger partial charge in [0.05, 0.1) is 0 Å². The van der Waals surface area contributed by atoms with Gasteiger partial charge in [-0.1, -0.05) is 67.7 Å². The van der Waals surface area contributed by atoms with Crippen molar-refractivity contribution in [1.29, 1.82) is 0 Å². The van der Waals surface area contributed by atoms with Gasteiger partial charge in [0.1, 0.15) is 0 Å². The van der Waals surface area contributed by atoms with Gasteiger partial charge in [-0.15, -0.1) is 0 Å². The maximum absolute atomic E-state index is 10.3. The zero-order chi connectivity index (χ0) is 17.7. The quantitative estimate of drug-likeness (QED) is 0.265. The van der Waals surface area contributed by atoms with Crippen LogP contribution in [0.1, 0.15) is 71.1 Å². The second-order valence-electron chi connectivity index (χ2n) is 5.67. The lowest BCUT2D eigenvalue weighted by atomic mass is 10.2. The largest absolute Gasteiger partial charge is 0.481 e. The van der Waals surface area contributed by atoms with Gasteiger partial charge in [0, 0.05) is 6.42 Å². The third kappa shape index (κ3) is 20.2. The molecule has 0 unspecified atom stereocenters. The average molecular weight is 331 g/mol. The Balaban J connectivity index is 3.40. The van der Waals surface area contributed by atoms with Gasteiger partial charge in [-0.25, -0.2) is 0 Å². The second kappa shape index (κ2) is 19.2. The van der Waals surface area contributed by atoms with Crippen LogP contribution in [0.3, 0.4) is 0 Å². The van der Waals surface area contributed by atoms with E-state index >= 15 is 0 Å². The van der Waals surface area contributed by atoms with Gasteiger partial charge < -0.3 is 5.11 Å². The van der Waals surface area contributed by atoms with E-state index in [-0.39, 0.29) is 6.42 Å². The highest BCUT2D eigenvalue weighted by molar-refractivity contribution is 5.66. The number of hydrogen-bond acceptors (Lipinski definition) is 1. The predicted octanol–water partition coefficient (Wildman–Crippen LogP) is 6.77. The van der Waals surface area contributed by atoms with Crippen LogP contribution in [0.5, 0.6) is 0 Å². The van der Waals surface area contributed by atoms with E-state index < -0.39 is 5.97 Å². The maximum Gasteiger partial charge on any atom is 0.303 e. The fourth-order valence-corrected chi connectivity index (χ4v) is 2.05. The number of aliphatic carboxylic acids is 1. The van der Waals surface area contributed by atoms with Gasteiger partial charge >= 0.3 is 5.97 Å². The first-order valence-corrected chi connectivity index (χ1v) is 9.24. The van der Waals surface area contributed by atoms with Crippen LogP contribution in [0.4, 0.5) is 0 Å². The molecule has 0 spiro atoms. The Bertz CT molecular complexity index is 425. The number of rotatable bonds is 15. The minimum absolute atomic E-state index is 0.226. The van der Waals surface area contributed by atoms with Crippen LogP contribution < -0.4 is 0 Å². The number of allylic oxidation sites excluding steroid dienone is 10. The van der Waals surface area contributed by atoms with E-state index in [1.165, 1.54) is 0 Å². The molecule has 0 aromatic rings. The summed E-state index contributed by atoms with van der Waals surface area (Å²) in [5.41, 5.74) is 0. The van der Waals surface area contributed by atoms with Crippen molar-refractivity contribution < 1.29 is 9.90 Å².